The minimum atomic E-state index is -3.85. The number of aryl methyl sites for hydroxylation is 1. The summed E-state index contributed by atoms with van der Waals surface area (Å²) in [4.78, 5) is 0.451. The first kappa shape index (κ1) is 17.7. The van der Waals surface area contributed by atoms with E-state index in [9.17, 15) is 8.42 Å². The van der Waals surface area contributed by atoms with Crippen LogP contribution in [0, 0.1) is 12.3 Å². The van der Waals surface area contributed by atoms with Gasteiger partial charge in [0.2, 0.25) is 4.80 Å². The highest BCUT2D eigenvalue weighted by Gasteiger charge is 2.14. The van der Waals surface area contributed by atoms with Crippen LogP contribution in [0.1, 0.15) is 12.5 Å². The maximum Gasteiger partial charge on any atom is 0.285 e. The van der Waals surface area contributed by atoms with E-state index in [1.807, 2.05) is 18.2 Å². The molecule has 128 valence electrons. The van der Waals surface area contributed by atoms with Crippen molar-refractivity contribution in [2.75, 3.05) is 0 Å². The number of sulfonamides is 1. The second-order valence-corrected chi connectivity index (χ2v) is 8.40. The van der Waals surface area contributed by atoms with Crippen molar-refractivity contribution in [1.29, 1.82) is 0 Å². The van der Waals surface area contributed by atoms with Gasteiger partial charge >= 0.3 is 0 Å². The van der Waals surface area contributed by atoms with E-state index in [2.05, 4.69) is 17.2 Å². The van der Waals surface area contributed by atoms with E-state index in [4.69, 9.17) is 18.0 Å². The van der Waals surface area contributed by atoms with Gasteiger partial charge in [0, 0.05) is 5.02 Å². The lowest BCUT2D eigenvalue weighted by molar-refractivity contribution is 0.596. The fourth-order valence-corrected chi connectivity index (χ4v) is 4.84. The minimum absolute atomic E-state index is 0.0934. The molecule has 0 radical (unpaired) electrons. The Kier molecular flexibility index (Phi) is 5.00. The molecule has 0 aliphatic rings. The summed E-state index contributed by atoms with van der Waals surface area (Å²) in [7, 11) is -3.85. The molecule has 0 fully saturated rings. The highest BCUT2D eigenvalue weighted by atomic mass is 35.5. The van der Waals surface area contributed by atoms with Gasteiger partial charge in [-0.25, -0.2) is 0 Å². The molecule has 0 aliphatic carbocycles. The maximum absolute atomic E-state index is 12.6. The van der Waals surface area contributed by atoms with Gasteiger partial charge < -0.3 is 4.57 Å². The molecule has 4 nitrogen and oxygen atoms in total. The van der Waals surface area contributed by atoms with Gasteiger partial charge in [0.15, 0.2) is 0 Å². The largest absolute Gasteiger partial charge is 0.304 e. The second kappa shape index (κ2) is 7.04. The number of rotatable bonds is 4. The van der Waals surface area contributed by atoms with Crippen LogP contribution in [0.5, 0.6) is 0 Å². The maximum atomic E-state index is 12.6. The van der Waals surface area contributed by atoms with E-state index in [1.165, 1.54) is 41.2 Å². The van der Waals surface area contributed by atoms with Crippen LogP contribution in [0.4, 0.5) is 0 Å². The number of nitrogens with zero attached hydrogens (tertiary/aromatic N) is 2. The zero-order chi connectivity index (χ0) is 18.0. The van der Waals surface area contributed by atoms with Crippen LogP contribution in [0.15, 0.2) is 51.8 Å². The molecule has 0 amide bonds. The van der Waals surface area contributed by atoms with E-state index >= 15 is 0 Å². The molecule has 1 aromatic heterocycles. The van der Waals surface area contributed by atoms with Crippen LogP contribution in [-0.2, 0) is 23.0 Å². The van der Waals surface area contributed by atoms with Gasteiger partial charge in [-0.2, -0.15) is 8.42 Å². The molecule has 7 heteroatoms. The normalized spacial score (nSPS) is 12.4. The van der Waals surface area contributed by atoms with Gasteiger partial charge in [0.1, 0.15) is 0 Å². The van der Waals surface area contributed by atoms with E-state index < -0.39 is 10.0 Å². The molecule has 0 spiro atoms. The number of thiazole rings is 1. The summed E-state index contributed by atoms with van der Waals surface area (Å²) < 4.78 is 31.9. The minimum Gasteiger partial charge on any atom is -0.304 e. The highest BCUT2D eigenvalue weighted by molar-refractivity contribution is 7.90. The quantitative estimate of drug-likeness (QED) is 0.635. The van der Waals surface area contributed by atoms with Crippen LogP contribution in [0.3, 0.4) is 0 Å². The van der Waals surface area contributed by atoms with E-state index in [1.54, 1.807) is 4.57 Å². The number of fused-ring (bicyclic) bond motifs is 1. The first-order chi connectivity index (χ1) is 11.9. The third-order valence-electron chi connectivity index (χ3n) is 3.71. The van der Waals surface area contributed by atoms with Crippen LogP contribution in [-0.4, -0.2) is 13.0 Å². The molecule has 0 unspecified atom stereocenters. The Labute approximate surface area is 155 Å². The third kappa shape index (κ3) is 3.64. The Morgan fingerprint density at radius 1 is 1.24 bits per heavy atom. The van der Waals surface area contributed by atoms with Crippen molar-refractivity contribution in [2.24, 2.45) is 4.40 Å². The summed E-state index contributed by atoms with van der Waals surface area (Å²) in [6.45, 7) is 2.32. The summed E-state index contributed by atoms with van der Waals surface area (Å²) in [5, 5.41) is 0.468. The summed E-state index contributed by atoms with van der Waals surface area (Å²) in [6.07, 6.45) is 6.36. The number of hydrogen-bond acceptors (Lipinski definition) is 3. The molecule has 25 heavy (non-hydrogen) atoms. The van der Waals surface area contributed by atoms with Gasteiger partial charge in [0.25, 0.3) is 10.0 Å². The van der Waals surface area contributed by atoms with Gasteiger partial charge in [-0.15, -0.1) is 10.8 Å². The Balaban J connectivity index is 2.22. The van der Waals surface area contributed by atoms with Crippen LogP contribution < -0.4 is 4.80 Å². The van der Waals surface area contributed by atoms with Gasteiger partial charge in [-0.3, -0.25) is 0 Å². The van der Waals surface area contributed by atoms with E-state index in [0.29, 0.717) is 9.82 Å². The smallest absolute Gasteiger partial charge is 0.285 e. The average Bonchev–Trinajstić information content (AvgIpc) is 2.91. The molecule has 2 aromatic carbocycles. The predicted molar refractivity (Wildman–Crippen MR) is 102 cm³/mol. The first-order valence-corrected chi connectivity index (χ1v) is 10.2. The molecule has 0 saturated carbocycles. The zero-order valence-electron chi connectivity index (χ0n) is 13.4. The summed E-state index contributed by atoms with van der Waals surface area (Å²) in [5.41, 5.74) is 2.05. The molecule has 0 aliphatic heterocycles. The number of halogens is 1. The highest BCUT2D eigenvalue weighted by Crippen LogP contribution is 2.21. The number of aromatic nitrogens is 1. The Bertz CT molecular complexity index is 1130. The summed E-state index contributed by atoms with van der Waals surface area (Å²) >= 11 is 7.13. The topological polar surface area (TPSA) is 51.4 Å². The Morgan fingerprint density at radius 3 is 2.60 bits per heavy atom. The monoisotopic (exact) mass is 390 g/mol. The van der Waals surface area contributed by atoms with Crippen molar-refractivity contribution in [1.82, 2.24) is 4.57 Å². The Hall–Kier alpha value is -2.07. The number of hydrogen-bond donors (Lipinski definition) is 0. The lowest BCUT2D eigenvalue weighted by Gasteiger charge is -2.02. The predicted octanol–water partition coefficient (Wildman–Crippen LogP) is 3.84. The van der Waals surface area contributed by atoms with Crippen LogP contribution in [0.25, 0.3) is 10.2 Å². The van der Waals surface area contributed by atoms with Crippen LogP contribution >= 0.6 is 22.9 Å². The molecule has 0 N–H and O–H groups in total. The lowest BCUT2D eigenvalue weighted by atomic mass is 10.2. The first-order valence-electron chi connectivity index (χ1n) is 7.57. The van der Waals surface area contributed by atoms with Crippen molar-refractivity contribution in [2.45, 2.75) is 24.8 Å². The van der Waals surface area contributed by atoms with Crippen molar-refractivity contribution in [3.8, 4) is 12.3 Å². The molecule has 1 heterocycles. The number of benzene rings is 2. The number of terminal acetylenes is 1. The molecule has 0 atom stereocenters. The average molecular weight is 391 g/mol. The zero-order valence-corrected chi connectivity index (χ0v) is 15.8. The fraction of sp³-hybridized carbons (Fsp3) is 0.167. The van der Waals surface area contributed by atoms with Crippen molar-refractivity contribution in [3.05, 3.63) is 57.9 Å². The summed E-state index contributed by atoms with van der Waals surface area (Å²) in [5.74, 6) is 2.56. The second-order valence-electron chi connectivity index (χ2n) is 5.35. The molecule has 3 aromatic rings. The lowest BCUT2D eigenvalue weighted by Crippen LogP contribution is -2.16. The molecular weight excluding hydrogens is 376 g/mol. The third-order valence-corrected chi connectivity index (χ3v) is 6.40. The van der Waals surface area contributed by atoms with E-state index in [-0.39, 0.29) is 11.4 Å². The fourth-order valence-electron chi connectivity index (χ4n) is 2.41. The Morgan fingerprint density at radius 2 is 1.96 bits per heavy atom. The SMILES string of the molecule is C#CCn1/c(=N/S(=O)(=O)c2ccc(Cl)cc2)sc2cc(CC)ccc21. The standard InChI is InChI=1S/C18H15ClN2O2S2/c1-3-11-21-16-10-5-13(4-2)12-17(16)24-18(21)20-25(22,23)15-8-6-14(19)7-9-15/h1,5-10,12H,4,11H2,2H3/b20-18-. The molecular formula is C18H15ClN2O2S2. The molecule has 0 saturated heterocycles. The van der Waals surface area contributed by atoms with Crippen molar-refractivity contribution in [3.63, 3.8) is 0 Å². The van der Waals surface area contributed by atoms with Crippen molar-refractivity contribution < 1.29 is 8.42 Å². The molecule has 0 bridgehead atoms. The van der Waals surface area contributed by atoms with Gasteiger partial charge in [-0.05, 0) is 48.4 Å². The summed E-state index contributed by atoms with van der Waals surface area (Å²) in [6, 6.07) is 11.9. The van der Waals surface area contributed by atoms with Crippen LogP contribution in [0.2, 0.25) is 5.02 Å². The van der Waals surface area contributed by atoms with Gasteiger partial charge in [0.05, 0.1) is 21.7 Å². The van der Waals surface area contributed by atoms with E-state index in [0.717, 1.165) is 16.6 Å². The molecule has 3 rings (SSSR count). The van der Waals surface area contributed by atoms with Gasteiger partial charge in [-0.1, -0.05) is 41.8 Å². The van der Waals surface area contributed by atoms with Crippen molar-refractivity contribution >= 4 is 43.2 Å².